The third-order valence-electron chi connectivity index (χ3n) is 1.55. The van der Waals surface area contributed by atoms with Crippen molar-refractivity contribution in [3.8, 4) is 0 Å². The molecular formula is C8H17NOS. The second-order valence-electron chi connectivity index (χ2n) is 2.84. The molecule has 0 fully saturated rings. The summed E-state index contributed by atoms with van der Waals surface area (Å²) in [5.74, 6) is 0. The van der Waals surface area contributed by atoms with Gasteiger partial charge in [-0.1, -0.05) is 19.8 Å². The molecule has 0 amide bonds. The smallest absolute Gasteiger partial charge is 0.199 e. The van der Waals surface area contributed by atoms with Gasteiger partial charge in [0, 0.05) is 0 Å². The summed E-state index contributed by atoms with van der Waals surface area (Å²) < 4.78 is 0. The molecule has 0 atom stereocenters. The maximum atomic E-state index is 10.5. The van der Waals surface area contributed by atoms with Crippen LogP contribution in [0.5, 0.6) is 0 Å². The molecule has 0 aromatic rings. The second-order valence-corrected chi connectivity index (χ2v) is 3.34. The van der Waals surface area contributed by atoms with Crippen LogP contribution in [0, 0.1) is 0 Å². The highest BCUT2D eigenvalue weighted by Gasteiger charge is 2.00. The maximum Gasteiger partial charge on any atom is 0.199 e. The number of hydrogen-bond donors (Lipinski definition) is 1. The normalized spacial score (nSPS) is 10.5. The SMILES string of the molecule is CCCCCN(C)CC(=O)S. The van der Waals surface area contributed by atoms with Gasteiger partial charge in [0.2, 0.25) is 0 Å². The fourth-order valence-electron chi connectivity index (χ4n) is 0.942. The van der Waals surface area contributed by atoms with E-state index >= 15 is 0 Å². The Balaban J connectivity index is 3.22. The van der Waals surface area contributed by atoms with Crippen molar-refractivity contribution in [1.82, 2.24) is 4.90 Å². The van der Waals surface area contributed by atoms with E-state index in [1.54, 1.807) is 0 Å². The van der Waals surface area contributed by atoms with Gasteiger partial charge >= 0.3 is 0 Å². The zero-order chi connectivity index (χ0) is 8.69. The highest BCUT2D eigenvalue weighted by atomic mass is 32.1. The lowest BCUT2D eigenvalue weighted by Gasteiger charge is -2.13. The molecule has 0 aromatic carbocycles. The molecule has 0 spiro atoms. The molecular weight excluding hydrogens is 158 g/mol. The monoisotopic (exact) mass is 175 g/mol. The number of likely N-dealkylation sites (N-methyl/N-ethyl adjacent to an activating group) is 1. The van der Waals surface area contributed by atoms with Gasteiger partial charge < -0.3 is 0 Å². The lowest BCUT2D eigenvalue weighted by molar-refractivity contribution is -0.111. The van der Waals surface area contributed by atoms with Gasteiger partial charge in [-0.3, -0.25) is 9.69 Å². The van der Waals surface area contributed by atoms with Crippen LogP contribution < -0.4 is 0 Å². The van der Waals surface area contributed by atoms with Crippen molar-refractivity contribution in [3.63, 3.8) is 0 Å². The van der Waals surface area contributed by atoms with E-state index in [1.165, 1.54) is 19.3 Å². The standard InChI is InChI=1S/C8H17NOS/c1-3-4-5-6-9(2)7-8(10)11/h3-7H2,1-2H3,(H,10,11). The molecule has 0 unspecified atom stereocenters. The summed E-state index contributed by atoms with van der Waals surface area (Å²) in [6, 6.07) is 0. The van der Waals surface area contributed by atoms with Crippen LogP contribution in [0.4, 0.5) is 0 Å². The van der Waals surface area contributed by atoms with Crippen LogP contribution in [0.25, 0.3) is 0 Å². The Morgan fingerprint density at radius 1 is 1.45 bits per heavy atom. The highest BCUT2D eigenvalue weighted by Crippen LogP contribution is 1.96. The zero-order valence-electron chi connectivity index (χ0n) is 7.34. The van der Waals surface area contributed by atoms with Gasteiger partial charge in [0.25, 0.3) is 0 Å². The summed E-state index contributed by atoms with van der Waals surface area (Å²) in [7, 11) is 1.95. The van der Waals surface area contributed by atoms with Gasteiger partial charge in [-0.25, -0.2) is 0 Å². The Morgan fingerprint density at radius 2 is 2.09 bits per heavy atom. The fourth-order valence-corrected chi connectivity index (χ4v) is 1.18. The van der Waals surface area contributed by atoms with Crippen LogP contribution >= 0.6 is 12.6 Å². The fraction of sp³-hybridized carbons (Fsp3) is 0.875. The molecule has 0 radical (unpaired) electrons. The summed E-state index contributed by atoms with van der Waals surface area (Å²) >= 11 is 3.70. The topological polar surface area (TPSA) is 20.3 Å². The van der Waals surface area contributed by atoms with E-state index in [9.17, 15) is 4.79 Å². The summed E-state index contributed by atoms with van der Waals surface area (Å²) in [5.41, 5.74) is 0. The van der Waals surface area contributed by atoms with Gasteiger partial charge in [0.15, 0.2) is 5.12 Å². The molecule has 11 heavy (non-hydrogen) atoms. The van der Waals surface area contributed by atoms with Crippen LogP contribution in [0.15, 0.2) is 0 Å². The lowest BCUT2D eigenvalue weighted by Crippen LogP contribution is -2.24. The first kappa shape index (κ1) is 11.0. The summed E-state index contributed by atoms with van der Waals surface area (Å²) in [6.07, 6.45) is 3.64. The average molecular weight is 175 g/mol. The predicted octanol–water partition coefficient (Wildman–Crippen LogP) is 1.56. The van der Waals surface area contributed by atoms with Gasteiger partial charge in [-0.05, 0) is 20.0 Å². The van der Waals surface area contributed by atoms with Crippen molar-refractivity contribution in [2.75, 3.05) is 20.1 Å². The molecule has 0 aliphatic heterocycles. The third kappa shape index (κ3) is 7.88. The van der Waals surface area contributed by atoms with Gasteiger partial charge in [-0.2, -0.15) is 0 Å². The number of thiol groups is 1. The third-order valence-corrected chi connectivity index (χ3v) is 1.69. The predicted molar refractivity (Wildman–Crippen MR) is 51.0 cm³/mol. The molecule has 0 heterocycles. The Kier molecular flexibility index (Phi) is 6.66. The van der Waals surface area contributed by atoms with Crippen molar-refractivity contribution >= 4 is 17.7 Å². The number of carbonyl (C=O) groups is 1. The number of nitrogens with zero attached hydrogens (tertiary/aromatic N) is 1. The first-order chi connectivity index (χ1) is 5.16. The van der Waals surface area contributed by atoms with E-state index in [0.29, 0.717) is 6.54 Å². The van der Waals surface area contributed by atoms with E-state index in [-0.39, 0.29) is 5.12 Å². The van der Waals surface area contributed by atoms with Crippen LogP contribution in [-0.4, -0.2) is 30.2 Å². The minimum Gasteiger partial charge on any atom is -0.298 e. The minimum atomic E-state index is -0.0519. The highest BCUT2D eigenvalue weighted by molar-refractivity contribution is 7.96. The molecule has 0 N–H and O–H groups in total. The molecule has 0 saturated carbocycles. The molecule has 3 heteroatoms. The molecule has 2 nitrogen and oxygen atoms in total. The molecule has 0 bridgehead atoms. The van der Waals surface area contributed by atoms with Gasteiger partial charge in [0.05, 0.1) is 6.54 Å². The Bertz CT molecular complexity index is 117. The van der Waals surface area contributed by atoms with E-state index < -0.39 is 0 Å². The van der Waals surface area contributed by atoms with Crippen LogP contribution in [0.1, 0.15) is 26.2 Å². The molecule has 66 valence electrons. The van der Waals surface area contributed by atoms with E-state index in [2.05, 4.69) is 19.6 Å². The Morgan fingerprint density at radius 3 is 2.55 bits per heavy atom. The molecule has 0 rings (SSSR count). The van der Waals surface area contributed by atoms with Crippen molar-refractivity contribution in [1.29, 1.82) is 0 Å². The van der Waals surface area contributed by atoms with Gasteiger partial charge in [-0.15, -0.1) is 12.6 Å². The largest absolute Gasteiger partial charge is 0.298 e. The first-order valence-corrected chi connectivity index (χ1v) is 4.52. The van der Waals surface area contributed by atoms with E-state index in [1.807, 2.05) is 11.9 Å². The van der Waals surface area contributed by atoms with Crippen LogP contribution in [-0.2, 0) is 4.79 Å². The van der Waals surface area contributed by atoms with Crippen molar-refractivity contribution in [2.24, 2.45) is 0 Å². The molecule has 0 aliphatic carbocycles. The van der Waals surface area contributed by atoms with Crippen molar-refractivity contribution in [3.05, 3.63) is 0 Å². The molecule has 0 aromatic heterocycles. The van der Waals surface area contributed by atoms with E-state index in [4.69, 9.17) is 0 Å². The first-order valence-electron chi connectivity index (χ1n) is 4.07. The van der Waals surface area contributed by atoms with Crippen molar-refractivity contribution < 1.29 is 4.79 Å². The van der Waals surface area contributed by atoms with Gasteiger partial charge in [0.1, 0.15) is 0 Å². The Hall–Kier alpha value is -0.0200. The minimum absolute atomic E-state index is 0.0519. The van der Waals surface area contributed by atoms with Crippen LogP contribution in [0.2, 0.25) is 0 Å². The molecule has 0 aliphatic rings. The van der Waals surface area contributed by atoms with Crippen LogP contribution in [0.3, 0.4) is 0 Å². The second kappa shape index (κ2) is 6.68. The van der Waals surface area contributed by atoms with E-state index in [0.717, 1.165) is 6.54 Å². The quantitative estimate of drug-likeness (QED) is 0.488. The summed E-state index contributed by atoms with van der Waals surface area (Å²) in [6.45, 7) is 3.64. The molecule has 0 saturated heterocycles. The number of carbonyl (C=O) groups excluding carboxylic acids is 1. The zero-order valence-corrected chi connectivity index (χ0v) is 8.23. The number of rotatable bonds is 6. The average Bonchev–Trinajstić information content (AvgIpc) is 1.86. The summed E-state index contributed by atoms with van der Waals surface area (Å²) in [5, 5.41) is -0.0519. The Labute approximate surface area is 74.4 Å². The lowest BCUT2D eigenvalue weighted by atomic mass is 10.2. The number of unbranched alkanes of at least 4 members (excludes halogenated alkanes) is 2. The van der Waals surface area contributed by atoms with Crippen molar-refractivity contribution in [2.45, 2.75) is 26.2 Å². The summed E-state index contributed by atoms with van der Waals surface area (Å²) in [4.78, 5) is 12.5. The maximum absolute atomic E-state index is 10.5. The number of hydrogen-bond acceptors (Lipinski definition) is 2.